The van der Waals surface area contributed by atoms with Gasteiger partial charge in [0.05, 0.1) is 24.4 Å². The third kappa shape index (κ3) is 13.0. The SMILES string of the molecule is C=C(CO)C(=O)OCCOc1ccc(COc2ccc(-c3ccc(OCCOC(=O)C(=C)CO)cc3)c(CCCCCCC)c2)cc1. The fourth-order valence-electron chi connectivity index (χ4n) is 4.57. The van der Waals surface area contributed by atoms with Crippen LogP contribution < -0.4 is 14.2 Å². The zero-order valence-corrected chi connectivity index (χ0v) is 27.2. The average Bonchev–Trinajstić information content (AvgIpc) is 3.10. The van der Waals surface area contributed by atoms with Crippen LogP contribution >= 0.6 is 0 Å². The Morgan fingerprint density at radius 3 is 1.72 bits per heavy atom. The predicted molar refractivity (Wildman–Crippen MR) is 180 cm³/mol. The van der Waals surface area contributed by atoms with Crippen LogP contribution in [-0.4, -0.2) is 61.8 Å². The summed E-state index contributed by atoms with van der Waals surface area (Å²) in [7, 11) is 0. The molecule has 0 aliphatic rings. The van der Waals surface area contributed by atoms with Crippen LogP contribution in [0.1, 0.15) is 50.2 Å². The highest BCUT2D eigenvalue weighted by molar-refractivity contribution is 5.88. The molecule has 0 heterocycles. The highest BCUT2D eigenvalue weighted by Crippen LogP contribution is 2.31. The molecule has 9 heteroatoms. The van der Waals surface area contributed by atoms with Crippen molar-refractivity contribution in [3.8, 4) is 28.4 Å². The van der Waals surface area contributed by atoms with Crippen molar-refractivity contribution in [2.45, 2.75) is 52.1 Å². The first-order valence-electron chi connectivity index (χ1n) is 16.0. The number of carbonyl (C=O) groups excluding carboxylic acids is 2. The fraction of sp³-hybridized carbons (Fsp3) is 0.368. The Kier molecular flexibility index (Phi) is 16.1. The molecule has 0 bridgehead atoms. The summed E-state index contributed by atoms with van der Waals surface area (Å²) in [6.45, 7) is 9.10. The quantitative estimate of drug-likeness (QED) is 0.0727. The Bertz CT molecular complexity index is 1430. The van der Waals surface area contributed by atoms with Gasteiger partial charge in [0.2, 0.25) is 0 Å². The smallest absolute Gasteiger partial charge is 0.335 e. The minimum Gasteiger partial charge on any atom is -0.490 e. The van der Waals surface area contributed by atoms with Gasteiger partial charge in [0.1, 0.15) is 50.3 Å². The Morgan fingerprint density at radius 1 is 0.638 bits per heavy atom. The minimum atomic E-state index is -0.638. The van der Waals surface area contributed by atoms with Crippen LogP contribution in [0.2, 0.25) is 0 Å². The number of aliphatic hydroxyl groups is 2. The van der Waals surface area contributed by atoms with E-state index in [1.54, 1.807) is 0 Å². The number of aliphatic hydroxyl groups excluding tert-OH is 2. The largest absolute Gasteiger partial charge is 0.490 e. The summed E-state index contributed by atoms with van der Waals surface area (Å²) in [6.07, 6.45) is 6.88. The Balaban J connectivity index is 1.57. The zero-order valence-electron chi connectivity index (χ0n) is 27.2. The molecule has 47 heavy (non-hydrogen) atoms. The van der Waals surface area contributed by atoms with Crippen molar-refractivity contribution in [2.75, 3.05) is 39.6 Å². The Labute approximate surface area is 277 Å². The zero-order chi connectivity index (χ0) is 33.9. The fourth-order valence-corrected chi connectivity index (χ4v) is 4.57. The molecule has 0 radical (unpaired) electrons. The van der Waals surface area contributed by atoms with Crippen LogP contribution in [0.4, 0.5) is 0 Å². The molecule has 0 aromatic heterocycles. The van der Waals surface area contributed by atoms with Gasteiger partial charge >= 0.3 is 11.9 Å². The number of aryl methyl sites for hydroxylation is 1. The molecule has 2 N–H and O–H groups in total. The molecule has 0 amide bonds. The maximum atomic E-state index is 11.6. The number of hydrogen-bond acceptors (Lipinski definition) is 9. The number of carbonyl (C=O) groups is 2. The lowest BCUT2D eigenvalue weighted by Crippen LogP contribution is -2.15. The molecule has 3 rings (SSSR count). The van der Waals surface area contributed by atoms with Gasteiger partial charge < -0.3 is 33.9 Å². The third-order valence-electron chi connectivity index (χ3n) is 7.25. The lowest BCUT2D eigenvalue weighted by atomic mass is 9.95. The highest BCUT2D eigenvalue weighted by atomic mass is 16.6. The summed E-state index contributed by atoms with van der Waals surface area (Å²) in [6, 6.07) is 21.6. The van der Waals surface area contributed by atoms with Crippen molar-refractivity contribution in [3.05, 3.63) is 102 Å². The topological polar surface area (TPSA) is 121 Å². The van der Waals surface area contributed by atoms with Crippen molar-refractivity contribution in [2.24, 2.45) is 0 Å². The molecular weight excluding hydrogens is 600 g/mol. The molecule has 0 unspecified atom stereocenters. The number of hydrogen-bond donors (Lipinski definition) is 2. The molecule has 3 aromatic carbocycles. The predicted octanol–water partition coefficient (Wildman–Crippen LogP) is 6.39. The number of esters is 2. The lowest BCUT2D eigenvalue weighted by molar-refractivity contribution is -0.141. The van der Waals surface area contributed by atoms with Crippen LogP contribution in [0.25, 0.3) is 11.1 Å². The number of rotatable bonds is 22. The van der Waals surface area contributed by atoms with E-state index < -0.39 is 25.2 Å². The Hall–Kier alpha value is -4.60. The van der Waals surface area contributed by atoms with Crippen molar-refractivity contribution in [1.82, 2.24) is 0 Å². The molecular formula is C38H46O9. The highest BCUT2D eigenvalue weighted by Gasteiger charge is 2.11. The Morgan fingerprint density at radius 2 is 1.17 bits per heavy atom. The maximum Gasteiger partial charge on any atom is 0.335 e. The first-order chi connectivity index (χ1) is 22.8. The van der Waals surface area contributed by atoms with Crippen LogP contribution in [0.15, 0.2) is 91.0 Å². The van der Waals surface area contributed by atoms with E-state index >= 15 is 0 Å². The first kappa shape index (κ1) is 36.9. The van der Waals surface area contributed by atoms with Gasteiger partial charge in [-0.25, -0.2) is 9.59 Å². The van der Waals surface area contributed by atoms with Crippen LogP contribution in [0, 0.1) is 0 Å². The second kappa shape index (κ2) is 20.5. The molecule has 252 valence electrons. The molecule has 0 saturated carbocycles. The van der Waals surface area contributed by atoms with Crippen LogP contribution in [-0.2, 0) is 32.1 Å². The molecule has 0 aliphatic heterocycles. The van der Waals surface area contributed by atoms with E-state index in [1.165, 1.54) is 31.2 Å². The van der Waals surface area contributed by atoms with Crippen molar-refractivity contribution in [1.29, 1.82) is 0 Å². The third-order valence-corrected chi connectivity index (χ3v) is 7.25. The van der Waals surface area contributed by atoms with E-state index in [2.05, 4.69) is 32.2 Å². The van der Waals surface area contributed by atoms with E-state index in [9.17, 15) is 9.59 Å². The second-order valence-electron chi connectivity index (χ2n) is 10.9. The molecule has 9 nitrogen and oxygen atoms in total. The maximum absolute atomic E-state index is 11.6. The van der Waals surface area contributed by atoms with Crippen LogP contribution in [0.3, 0.4) is 0 Å². The van der Waals surface area contributed by atoms with Gasteiger partial charge in [-0.2, -0.15) is 0 Å². The molecule has 0 saturated heterocycles. The normalized spacial score (nSPS) is 10.6. The van der Waals surface area contributed by atoms with Gasteiger partial charge in [-0.15, -0.1) is 0 Å². The van der Waals surface area contributed by atoms with Gasteiger partial charge in [-0.1, -0.05) is 76.1 Å². The van der Waals surface area contributed by atoms with Gasteiger partial charge in [-0.3, -0.25) is 0 Å². The van der Waals surface area contributed by atoms with E-state index in [1.807, 2.05) is 54.6 Å². The molecule has 0 fully saturated rings. The minimum absolute atomic E-state index is 0.00520. The summed E-state index contributed by atoms with van der Waals surface area (Å²) >= 11 is 0. The first-order valence-corrected chi connectivity index (χ1v) is 16.0. The van der Waals surface area contributed by atoms with E-state index in [0.717, 1.165) is 35.3 Å². The molecule has 0 atom stereocenters. The average molecular weight is 647 g/mol. The van der Waals surface area contributed by atoms with E-state index in [4.69, 9.17) is 33.9 Å². The van der Waals surface area contributed by atoms with Gasteiger partial charge in [-0.05, 0) is 71.5 Å². The van der Waals surface area contributed by atoms with E-state index in [0.29, 0.717) is 18.1 Å². The van der Waals surface area contributed by atoms with Crippen molar-refractivity contribution >= 4 is 11.9 Å². The monoisotopic (exact) mass is 646 g/mol. The summed E-state index contributed by atoms with van der Waals surface area (Å²) in [5.41, 5.74) is 4.43. The number of benzene rings is 3. The number of ether oxygens (including phenoxy) is 5. The summed E-state index contributed by atoms with van der Waals surface area (Å²) in [5, 5.41) is 17.9. The van der Waals surface area contributed by atoms with Crippen LogP contribution in [0.5, 0.6) is 17.2 Å². The molecule has 0 spiro atoms. The van der Waals surface area contributed by atoms with E-state index in [-0.39, 0.29) is 37.6 Å². The van der Waals surface area contributed by atoms with Crippen molar-refractivity contribution in [3.63, 3.8) is 0 Å². The standard InChI is InChI=1S/C38H46O9/c1-4-5-6-7-8-9-32-24-35(47-27-30-10-14-33(15-11-30)43-20-22-45-37(41)28(2)25-39)18-19-36(32)31-12-16-34(17-13-31)44-21-23-46-38(42)29(3)26-40/h10-19,24,39-40H,2-9,20-23,25-27H2,1H3. The molecule has 3 aromatic rings. The van der Waals surface area contributed by atoms with Gasteiger partial charge in [0.15, 0.2) is 0 Å². The van der Waals surface area contributed by atoms with Gasteiger partial charge in [0, 0.05) is 0 Å². The number of unbranched alkanes of at least 4 members (excludes halogenated alkanes) is 4. The van der Waals surface area contributed by atoms with Gasteiger partial charge in [0.25, 0.3) is 0 Å². The second-order valence-corrected chi connectivity index (χ2v) is 10.9. The molecule has 0 aliphatic carbocycles. The van der Waals surface area contributed by atoms with Crippen molar-refractivity contribution < 1.29 is 43.5 Å². The summed E-state index contributed by atoms with van der Waals surface area (Å²) in [5.74, 6) is 0.828. The summed E-state index contributed by atoms with van der Waals surface area (Å²) in [4.78, 5) is 23.1. The summed E-state index contributed by atoms with van der Waals surface area (Å²) < 4.78 is 27.5. The lowest BCUT2D eigenvalue weighted by Gasteiger charge is -2.14.